The Labute approximate surface area is 125 Å². The third-order valence-electron chi connectivity index (χ3n) is 4.11. The summed E-state index contributed by atoms with van der Waals surface area (Å²) in [6, 6.07) is 5.37. The van der Waals surface area contributed by atoms with Crippen LogP contribution in [0.1, 0.15) is 31.2 Å². The van der Waals surface area contributed by atoms with Crippen molar-refractivity contribution in [2.24, 2.45) is 5.92 Å². The molecule has 0 heterocycles. The smallest absolute Gasteiger partial charge is 0.319 e. The van der Waals surface area contributed by atoms with E-state index in [0.29, 0.717) is 0 Å². The number of carbonyl (C=O) groups excluding carboxylic acids is 1. The molecule has 0 saturated heterocycles. The minimum Gasteiger partial charge on any atom is -0.496 e. The summed E-state index contributed by atoms with van der Waals surface area (Å²) >= 11 is 0. The fourth-order valence-electron chi connectivity index (χ4n) is 2.91. The highest BCUT2D eigenvalue weighted by molar-refractivity contribution is 5.89. The Hall–Kier alpha value is -1.75. The Morgan fingerprint density at radius 3 is 2.81 bits per heavy atom. The molecule has 3 N–H and O–H groups in total. The first-order chi connectivity index (χ1) is 10.1. The number of urea groups is 1. The molecule has 5 heteroatoms. The highest BCUT2D eigenvalue weighted by Crippen LogP contribution is 2.24. The number of rotatable bonds is 4. The number of carbonyl (C=O) groups is 1. The van der Waals surface area contributed by atoms with Crippen LogP contribution in [0.3, 0.4) is 0 Å². The number of amides is 2. The van der Waals surface area contributed by atoms with Gasteiger partial charge in [0.15, 0.2) is 0 Å². The van der Waals surface area contributed by atoms with E-state index in [2.05, 4.69) is 10.6 Å². The number of benzene rings is 1. The van der Waals surface area contributed by atoms with Gasteiger partial charge in [0.25, 0.3) is 0 Å². The lowest BCUT2D eigenvalue weighted by molar-refractivity contribution is 0.156. The number of anilines is 1. The molecule has 2 amide bonds. The molecule has 1 saturated carbocycles. The van der Waals surface area contributed by atoms with E-state index in [1.807, 2.05) is 25.1 Å². The summed E-state index contributed by atoms with van der Waals surface area (Å²) in [6.07, 6.45) is 4.13. The lowest BCUT2D eigenvalue weighted by atomic mass is 9.85. The van der Waals surface area contributed by atoms with Gasteiger partial charge in [-0.15, -0.1) is 0 Å². The van der Waals surface area contributed by atoms with Crippen LogP contribution in [0.15, 0.2) is 18.2 Å². The van der Waals surface area contributed by atoms with Gasteiger partial charge in [0.1, 0.15) is 5.75 Å². The number of hydrogen-bond donors (Lipinski definition) is 3. The van der Waals surface area contributed by atoms with E-state index < -0.39 is 0 Å². The van der Waals surface area contributed by atoms with Gasteiger partial charge in [-0.1, -0.05) is 12.8 Å². The lowest BCUT2D eigenvalue weighted by Crippen LogP contribution is -2.45. The van der Waals surface area contributed by atoms with Crippen LogP contribution in [-0.2, 0) is 0 Å². The van der Waals surface area contributed by atoms with Gasteiger partial charge >= 0.3 is 6.03 Å². The quantitative estimate of drug-likeness (QED) is 0.799. The molecule has 2 atom stereocenters. The minimum atomic E-state index is -0.218. The molecule has 1 aromatic carbocycles. The largest absolute Gasteiger partial charge is 0.496 e. The Bertz CT molecular complexity index is 490. The molecule has 0 aromatic heterocycles. The van der Waals surface area contributed by atoms with E-state index in [1.165, 1.54) is 0 Å². The van der Waals surface area contributed by atoms with Gasteiger partial charge in [0, 0.05) is 24.3 Å². The van der Waals surface area contributed by atoms with Crippen molar-refractivity contribution in [2.75, 3.05) is 19.0 Å². The molecule has 5 nitrogen and oxygen atoms in total. The van der Waals surface area contributed by atoms with E-state index in [4.69, 9.17) is 4.74 Å². The maximum atomic E-state index is 12.1. The molecule has 116 valence electrons. The number of aliphatic hydroxyl groups is 1. The first-order valence-electron chi connectivity index (χ1n) is 7.47. The van der Waals surface area contributed by atoms with Crippen molar-refractivity contribution in [2.45, 2.75) is 38.6 Å². The topological polar surface area (TPSA) is 70.6 Å². The summed E-state index contributed by atoms with van der Waals surface area (Å²) in [7, 11) is 1.63. The van der Waals surface area contributed by atoms with Crippen LogP contribution in [-0.4, -0.2) is 30.9 Å². The number of ether oxygens (including phenoxy) is 1. The highest BCUT2D eigenvalue weighted by atomic mass is 16.5. The molecule has 2 unspecified atom stereocenters. The summed E-state index contributed by atoms with van der Waals surface area (Å²) in [6.45, 7) is 2.07. The predicted molar refractivity (Wildman–Crippen MR) is 82.7 cm³/mol. The molecule has 0 spiro atoms. The molecule has 21 heavy (non-hydrogen) atoms. The summed E-state index contributed by atoms with van der Waals surface area (Å²) in [4.78, 5) is 12.1. The fourth-order valence-corrected chi connectivity index (χ4v) is 2.91. The first-order valence-corrected chi connectivity index (χ1v) is 7.47. The normalized spacial score (nSPS) is 21.7. The summed E-state index contributed by atoms with van der Waals surface area (Å²) < 4.78 is 5.20. The van der Waals surface area contributed by atoms with E-state index in [1.54, 1.807) is 7.11 Å². The zero-order chi connectivity index (χ0) is 15.2. The highest BCUT2D eigenvalue weighted by Gasteiger charge is 2.25. The lowest BCUT2D eigenvalue weighted by Gasteiger charge is -2.30. The van der Waals surface area contributed by atoms with Gasteiger partial charge in [0.05, 0.1) is 7.11 Å². The molecule has 2 rings (SSSR count). The summed E-state index contributed by atoms with van der Waals surface area (Å²) in [5, 5.41) is 15.2. The maximum absolute atomic E-state index is 12.1. The first kappa shape index (κ1) is 15.6. The van der Waals surface area contributed by atoms with E-state index in [-0.39, 0.29) is 24.6 Å². The van der Waals surface area contributed by atoms with Gasteiger partial charge < -0.3 is 20.5 Å². The Morgan fingerprint density at radius 1 is 1.38 bits per heavy atom. The predicted octanol–water partition coefficient (Wildman–Crippen LogP) is 2.68. The second-order valence-corrected chi connectivity index (χ2v) is 5.62. The molecule has 0 radical (unpaired) electrons. The third-order valence-corrected chi connectivity index (χ3v) is 4.11. The van der Waals surface area contributed by atoms with Gasteiger partial charge in [-0.25, -0.2) is 4.79 Å². The van der Waals surface area contributed by atoms with Crippen molar-refractivity contribution < 1.29 is 14.6 Å². The van der Waals surface area contributed by atoms with Crippen LogP contribution in [0.5, 0.6) is 5.75 Å². The van der Waals surface area contributed by atoms with Crippen molar-refractivity contribution in [3.8, 4) is 5.75 Å². The van der Waals surface area contributed by atoms with Crippen molar-refractivity contribution in [1.29, 1.82) is 0 Å². The number of aryl methyl sites for hydroxylation is 1. The van der Waals surface area contributed by atoms with Gasteiger partial charge in [-0.05, 0) is 43.5 Å². The van der Waals surface area contributed by atoms with Gasteiger partial charge in [-0.2, -0.15) is 0 Å². The zero-order valence-corrected chi connectivity index (χ0v) is 12.7. The standard InChI is InChI=1S/C16H24N2O3/c1-11-9-13(7-8-15(11)21-2)17-16(20)18-14-6-4-3-5-12(14)10-19/h7-9,12,14,19H,3-6,10H2,1-2H3,(H2,17,18,20). The van der Waals surface area contributed by atoms with Crippen LogP contribution in [0.25, 0.3) is 0 Å². The Kier molecular flexibility index (Phi) is 5.44. The molecule has 0 aliphatic heterocycles. The maximum Gasteiger partial charge on any atom is 0.319 e. The zero-order valence-electron chi connectivity index (χ0n) is 12.7. The molecular weight excluding hydrogens is 268 g/mol. The SMILES string of the molecule is COc1ccc(NC(=O)NC2CCCCC2CO)cc1C. The van der Waals surface area contributed by atoms with Crippen molar-refractivity contribution in [1.82, 2.24) is 5.32 Å². The molecule has 0 bridgehead atoms. The molecule has 1 aromatic rings. The second-order valence-electron chi connectivity index (χ2n) is 5.62. The Morgan fingerprint density at radius 2 is 2.14 bits per heavy atom. The van der Waals surface area contributed by atoms with E-state index >= 15 is 0 Å². The van der Waals surface area contributed by atoms with Crippen LogP contribution < -0.4 is 15.4 Å². The van der Waals surface area contributed by atoms with E-state index in [0.717, 1.165) is 42.7 Å². The molecule has 1 aliphatic carbocycles. The number of hydrogen-bond acceptors (Lipinski definition) is 3. The second kappa shape index (κ2) is 7.31. The monoisotopic (exact) mass is 292 g/mol. The van der Waals surface area contributed by atoms with Crippen molar-refractivity contribution in [3.63, 3.8) is 0 Å². The Balaban J connectivity index is 1.93. The van der Waals surface area contributed by atoms with Crippen molar-refractivity contribution >= 4 is 11.7 Å². The van der Waals surface area contributed by atoms with E-state index in [9.17, 15) is 9.90 Å². The van der Waals surface area contributed by atoms with Crippen molar-refractivity contribution in [3.05, 3.63) is 23.8 Å². The number of aliphatic hydroxyl groups excluding tert-OH is 1. The van der Waals surface area contributed by atoms with Crippen LogP contribution in [0, 0.1) is 12.8 Å². The van der Waals surface area contributed by atoms with Gasteiger partial charge in [0.2, 0.25) is 0 Å². The molecular formula is C16H24N2O3. The average molecular weight is 292 g/mol. The minimum absolute atomic E-state index is 0.0584. The number of nitrogens with one attached hydrogen (secondary N) is 2. The third kappa shape index (κ3) is 4.11. The average Bonchev–Trinajstić information content (AvgIpc) is 2.48. The van der Waals surface area contributed by atoms with Crippen LogP contribution in [0.4, 0.5) is 10.5 Å². The summed E-state index contributed by atoms with van der Waals surface area (Å²) in [5.74, 6) is 0.968. The van der Waals surface area contributed by atoms with Gasteiger partial charge in [-0.3, -0.25) is 0 Å². The molecule has 1 fully saturated rings. The molecule has 1 aliphatic rings. The van der Waals surface area contributed by atoms with Crippen LogP contribution in [0.2, 0.25) is 0 Å². The number of methoxy groups -OCH3 is 1. The van der Waals surface area contributed by atoms with Crippen LogP contribution >= 0.6 is 0 Å². The summed E-state index contributed by atoms with van der Waals surface area (Å²) in [5.41, 5.74) is 1.71. The fraction of sp³-hybridized carbons (Fsp3) is 0.562.